The van der Waals surface area contributed by atoms with Crippen LogP contribution >= 0.6 is 11.3 Å². The maximum Gasteiger partial charge on any atom is 0.335 e. The first-order valence-corrected chi connectivity index (χ1v) is 17.2. The average Bonchev–Trinajstić information content (AvgIpc) is 3.10. The van der Waals surface area contributed by atoms with E-state index in [9.17, 15) is 9.90 Å². The number of aliphatic hydroxyl groups is 1. The summed E-state index contributed by atoms with van der Waals surface area (Å²) >= 11 is 1.62. The van der Waals surface area contributed by atoms with Crippen molar-refractivity contribution in [1.82, 2.24) is 0 Å². The molecule has 2 heterocycles. The third-order valence-electron chi connectivity index (χ3n) is 4.71. The lowest BCUT2D eigenvalue weighted by atomic mass is 9.78. The molecule has 0 amide bonds. The van der Waals surface area contributed by atoms with Crippen molar-refractivity contribution >= 4 is 39.0 Å². The van der Waals surface area contributed by atoms with Crippen LogP contribution in [0.2, 0.25) is 39.3 Å². The van der Waals surface area contributed by atoms with Crippen LogP contribution in [-0.2, 0) is 9.53 Å². The van der Waals surface area contributed by atoms with Gasteiger partial charge in [-0.25, -0.2) is 4.79 Å². The minimum absolute atomic E-state index is 0.217. The summed E-state index contributed by atoms with van der Waals surface area (Å²) in [7, 11) is -3.39. The van der Waals surface area contributed by atoms with Crippen LogP contribution in [0.3, 0.4) is 0 Å². The third-order valence-corrected chi connectivity index (χ3v) is 8.57. The number of thiophene rings is 1. The zero-order valence-corrected chi connectivity index (χ0v) is 19.8. The first-order valence-electron chi connectivity index (χ1n) is 9.35. The number of allylic oxidation sites excluding steroid dienone is 1. The van der Waals surface area contributed by atoms with E-state index in [1.165, 1.54) is 0 Å². The molecule has 144 valence electrons. The number of carbonyl (C=O) groups is 1. The lowest BCUT2D eigenvalue weighted by Crippen LogP contribution is -2.34. The van der Waals surface area contributed by atoms with Crippen LogP contribution in [0.25, 0.3) is 5.57 Å². The maximum atomic E-state index is 12.7. The van der Waals surface area contributed by atoms with Crippen LogP contribution in [-0.4, -0.2) is 32.8 Å². The number of hydrogen-bond acceptors (Lipinski definition) is 4. The summed E-state index contributed by atoms with van der Waals surface area (Å²) < 4.78 is 5.76. The summed E-state index contributed by atoms with van der Waals surface area (Å²) in [5.41, 5.74) is 4.28. The molecule has 0 saturated carbocycles. The third kappa shape index (κ3) is 4.37. The van der Waals surface area contributed by atoms with Crippen LogP contribution in [0.15, 0.2) is 34.0 Å². The van der Waals surface area contributed by atoms with Gasteiger partial charge in [-0.3, -0.25) is 0 Å². The highest BCUT2D eigenvalue weighted by Gasteiger charge is 2.46. The first-order chi connectivity index (χ1) is 12.4. The lowest BCUT2D eigenvalue weighted by molar-refractivity contribution is -0.132. The Morgan fingerprint density at radius 2 is 1.85 bits per heavy atom. The van der Waals surface area contributed by atoms with Crippen molar-refractivity contribution in [1.29, 1.82) is 0 Å². The van der Waals surface area contributed by atoms with Gasteiger partial charge in [-0.15, -0.1) is 22.8 Å². The second-order valence-corrected chi connectivity index (χ2v) is 20.3. The largest absolute Gasteiger partial charge is 0.423 e. The number of ether oxygens (including phenoxy) is 1. The number of rotatable bonds is 3. The normalized spacial score (nSPS) is 23.1. The van der Waals surface area contributed by atoms with Gasteiger partial charge in [-0.2, -0.15) is 0 Å². The molecule has 1 aliphatic carbocycles. The molecule has 2 aliphatic rings. The highest BCUT2D eigenvalue weighted by Crippen LogP contribution is 2.49. The van der Waals surface area contributed by atoms with Crippen LogP contribution in [0.4, 0.5) is 0 Å². The Morgan fingerprint density at radius 3 is 2.41 bits per heavy atom. The zero-order chi connectivity index (χ0) is 20.0. The number of esters is 1. The van der Waals surface area contributed by atoms with E-state index in [2.05, 4.69) is 50.7 Å². The van der Waals surface area contributed by atoms with Crippen LogP contribution in [0.5, 0.6) is 0 Å². The molecule has 1 aromatic rings. The Morgan fingerprint density at radius 1 is 1.19 bits per heavy atom. The van der Waals surface area contributed by atoms with Crippen molar-refractivity contribution in [2.24, 2.45) is 0 Å². The molecule has 0 aromatic carbocycles. The highest BCUT2D eigenvalue weighted by atomic mass is 32.1. The molecule has 0 fully saturated rings. The van der Waals surface area contributed by atoms with Crippen molar-refractivity contribution in [3.8, 4) is 11.5 Å². The van der Waals surface area contributed by atoms with E-state index in [1.54, 1.807) is 11.3 Å². The van der Waals surface area contributed by atoms with Gasteiger partial charge in [0.1, 0.15) is 13.8 Å². The number of carbonyl (C=O) groups excluding carboxylic acids is 1. The molecule has 27 heavy (non-hydrogen) atoms. The van der Waals surface area contributed by atoms with Crippen LogP contribution < -0.4 is 0 Å². The molecule has 6 heteroatoms. The van der Waals surface area contributed by atoms with E-state index in [4.69, 9.17) is 4.74 Å². The van der Waals surface area contributed by atoms with Crippen LogP contribution in [0, 0.1) is 11.5 Å². The smallest absolute Gasteiger partial charge is 0.335 e. The van der Waals surface area contributed by atoms with Gasteiger partial charge >= 0.3 is 5.97 Å². The molecule has 1 aliphatic heterocycles. The number of hydrogen-bond donors (Lipinski definition) is 1. The molecule has 0 radical (unpaired) electrons. The molecule has 3 rings (SSSR count). The Hall–Kier alpha value is -1.40. The lowest BCUT2D eigenvalue weighted by Gasteiger charge is -2.33. The Labute approximate surface area is 168 Å². The van der Waals surface area contributed by atoms with Gasteiger partial charge in [0, 0.05) is 40.5 Å². The molecular formula is C21H28O3SSi2. The van der Waals surface area contributed by atoms with Gasteiger partial charge < -0.3 is 9.84 Å². The zero-order valence-electron chi connectivity index (χ0n) is 17.0. The second-order valence-electron chi connectivity index (χ2n) is 9.58. The van der Waals surface area contributed by atoms with Gasteiger partial charge in [-0.05, 0) is 11.4 Å². The summed E-state index contributed by atoms with van der Waals surface area (Å²) in [5.74, 6) is 3.73. The number of fused-ring (bicyclic) bond motifs is 1. The standard InChI is InChI=1S/C21H28O3SSi2/c1-26(2,3)12-8-10-21(23)13-15(17-9-7-11-25-17)18-16(14-21)19(20(22)24-18)27(4,5)6/h7,9,11,23H,10,13-14H2,1-6H3. The average molecular weight is 417 g/mol. The fourth-order valence-electron chi connectivity index (χ4n) is 3.66. The molecule has 1 aromatic heterocycles. The van der Waals surface area contributed by atoms with Crippen molar-refractivity contribution < 1.29 is 14.6 Å². The molecule has 0 bridgehead atoms. The minimum Gasteiger partial charge on any atom is -0.423 e. The van der Waals surface area contributed by atoms with Gasteiger partial charge in [0.25, 0.3) is 0 Å². The van der Waals surface area contributed by atoms with Gasteiger partial charge in [-0.1, -0.05) is 45.3 Å². The fraction of sp³-hybridized carbons (Fsp3) is 0.476. The van der Waals surface area contributed by atoms with Crippen molar-refractivity contribution in [2.45, 2.75) is 64.1 Å². The summed E-state index contributed by atoms with van der Waals surface area (Å²) in [6.07, 6.45) is 1.35. The molecule has 3 nitrogen and oxygen atoms in total. The molecule has 1 N–H and O–H groups in total. The predicted octanol–water partition coefficient (Wildman–Crippen LogP) is 4.99. The fourth-order valence-corrected chi connectivity index (χ4v) is 6.82. The monoisotopic (exact) mass is 416 g/mol. The quantitative estimate of drug-likeness (QED) is 0.429. The van der Waals surface area contributed by atoms with Crippen molar-refractivity contribution in [2.75, 3.05) is 0 Å². The van der Waals surface area contributed by atoms with Gasteiger partial charge in [0.2, 0.25) is 0 Å². The highest BCUT2D eigenvalue weighted by molar-refractivity contribution is 7.11. The van der Waals surface area contributed by atoms with E-state index in [-0.39, 0.29) is 5.97 Å². The van der Waals surface area contributed by atoms with Crippen molar-refractivity contribution in [3.63, 3.8) is 0 Å². The van der Waals surface area contributed by atoms with E-state index in [0.717, 1.165) is 21.2 Å². The maximum absolute atomic E-state index is 12.7. The summed E-state index contributed by atoms with van der Waals surface area (Å²) in [4.78, 5) is 13.7. The van der Waals surface area contributed by atoms with E-state index >= 15 is 0 Å². The molecular weight excluding hydrogens is 388 g/mol. The predicted molar refractivity (Wildman–Crippen MR) is 118 cm³/mol. The van der Waals surface area contributed by atoms with E-state index in [0.29, 0.717) is 25.0 Å². The second kappa shape index (κ2) is 6.89. The van der Waals surface area contributed by atoms with Crippen LogP contribution in [0.1, 0.15) is 24.1 Å². The molecule has 1 atom stereocenters. The molecule has 1 unspecified atom stereocenters. The first kappa shape index (κ1) is 20.3. The molecule has 0 saturated heterocycles. The Bertz CT molecular complexity index is 887. The van der Waals surface area contributed by atoms with E-state index in [1.807, 2.05) is 17.5 Å². The SMILES string of the molecule is C[Si](C)(C)C#CCC1(O)CC2=C([Si](C)(C)C)C(=O)OC2=C(c2cccs2)C1. The van der Waals surface area contributed by atoms with Gasteiger partial charge in [0.15, 0.2) is 0 Å². The van der Waals surface area contributed by atoms with Gasteiger partial charge in [0.05, 0.1) is 13.7 Å². The Kier molecular flexibility index (Phi) is 5.19. The van der Waals surface area contributed by atoms with E-state index < -0.39 is 21.7 Å². The minimum atomic E-state index is -1.90. The van der Waals surface area contributed by atoms with Crippen molar-refractivity contribution in [3.05, 3.63) is 38.9 Å². The topological polar surface area (TPSA) is 46.5 Å². The molecule has 0 spiro atoms. The summed E-state index contributed by atoms with van der Waals surface area (Å²) in [6.45, 7) is 13.1. The summed E-state index contributed by atoms with van der Waals surface area (Å²) in [6, 6.07) is 4.02. The Balaban J connectivity index is 2.10. The summed E-state index contributed by atoms with van der Waals surface area (Å²) in [5, 5.41) is 14.3.